The van der Waals surface area contributed by atoms with Crippen LogP contribution in [0.15, 0.2) is 30.5 Å². The van der Waals surface area contributed by atoms with E-state index in [4.69, 9.17) is 9.90 Å². The van der Waals surface area contributed by atoms with E-state index in [-0.39, 0.29) is 18.1 Å². The van der Waals surface area contributed by atoms with E-state index in [1.807, 2.05) is 25.2 Å². The van der Waals surface area contributed by atoms with Gasteiger partial charge in [-0.15, -0.1) is 0 Å². The number of carboxylic acid groups (broad SMARTS) is 1. The zero-order chi connectivity index (χ0) is 23.2. The fourth-order valence-electron chi connectivity index (χ4n) is 3.13. The second-order valence-corrected chi connectivity index (χ2v) is 7.30. The third-order valence-electron chi connectivity index (χ3n) is 4.54. The van der Waals surface area contributed by atoms with Crippen molar-refractivity contribution in [1.82, 2.24) is 19.4 Å². The number of carboxylic acids is 1. The lowest BCUT2D eigenvalue weighted by molar-refractivity contribution is -0.192. The van der Waals surface area contributed by atoms with Gasteiger partial charge in [0.15, 0.2) is 0 Å². The number of aliphatic carboxylic acids is 1. The number of hydrogen-bond acceptors (Lipinski definition) is 4. The van der Waals surface area contributed by atoms with Crippen molar-refractivity contribution in [3.63, 3.8) is 0 Å². The van der Waals surface area contributed by atoms with Crippen LogP contribution in [0.5, 0.6) is 0 Å². The molecule has 1 amide bonds. The number of benzene rings is 1. The zero-order valence-electron chi connectivity index (χ0n) is 17.2. The molecule has 0 spiro atoms. The van der Waals surface area contributed by atoms with Gasteiger partial charge in [-0.2, -0.15) is 13.2 Å². The van der Waals surface area contributed by atoms with E-state index >= 15 is 0 Å². The third-order valence-corrected chi connectivity index (χ3v) is 4.54. The second kappa shape index (κ2) is 10.4. The molecule has 0 bridgehead atoms. The highest BCUT2D eigenvalue weighted by Gasteiger charge is 2.38. The Morgan fingerprint density at radius 3 is 2.45 bits per heavy atom. The van der Waals surface area contributed by atoms with Crippen LogP contribution in [0.4, 0.5) is 17.6 Å². The number of halogens is 4. The largest absolute Gasteiger partial charge is 0.490 e. The van der Waals surface area contributed by atoms with Crippen molar-refractivity contribution in [2.45, 2.75) is 32.1 Å². The van der Waals surface area contributed by atoms with Crippen LogP contribution >= 0.6 is 0 Å². The molecule has 31 heavy (non-hydrogen) atoms. The summed E-state index contributed by atoms with van der Waals surface area (Å²) >= 11 is 0. The highest BCUT2D eigenvalue weighted by Crippen LogP contribution is 2.15. The smallest absolute Gasteiger partial charge is 0.475 e. The average Bonchev–Trinajstić information content (AvgIpc) is 2.90. The molecule has 0 fully saturated rings. The lowest BCUT2D eigenvalue weighted by Crippen LogP contribution is -2.35. The van der Waals surface area contributed by atoms with Crippen LogP contribution in [-0.4, -0.2) is 69.7 Å². The molecule has 0 aliphatic carbocycles. The maximum absolute atomic E-state index is 13.3. The number of rotatable bonds is 4. The molecule has 2 aromatic rings. The van der Waals surface area contributed by atoms with Crippen molar-refractivity contribution in [2.75, 3.05) is 27.2 Å². The number of carbonyl (C=O) groups is 2. The molecule has 0 saturated carbocycles. The van der Waals surface area contributed by atoms with Gasteiger partial charge in [-0.1, -0.05) is 12.1 Å². The van der Waals surface area contributed by atoms with Gasteiger partial charge < -0.3 is 19.5 Å². The molecule has 0 radical (unpaired) electrons. The molecule has 1 N–H and O–H groups in total. The third kappa shape index (κ3) is 7.35. The number of fused-ring (bicyclic) bond motifs is 1. The molecule has 0 atom stereocenters. The maximum Gasteiger partial charge on any atom is 0.490 e. The van der Waals surface area contributed by atoms with E-state index in [0.717, 1.165) is 30.9 Å². The predicted octanol–water partition coefficient (Wildman–Crippen LogP) is 2.34. The number of hydrogen-bond donors (Lipinski definition) is 1. The summed E-state index contributed by atoms with van der Waals surface area (Å²) in [4.78, 5) is 29.9. The minimum Gasteiger partial charge on any atom is -0.475 e. The summed E-state index contributed by atoms with van der Waals surface area (Å²) in [6.07, 6.45) is -2.16. The van der Waals surface area contributed by atoms with E-state index in [0.29, 0.717) is 13.1 Å². The standard InChI is InChI=1S/C18H23FN4O.C2HF3O2/c1-21(2)13-16-12-20-17-6-7-22(8-9-23(16)17)18(24)11-14-4-3-5-15(19)10-14;3-2(4,5)1(6)7/h3-5,10,12H,6-9,11,13H2,1-2H3;(H,6,7). The molecule has 1 aromatic carbocycles. The van der Waals surface area contributed by atoms with Crippen molar-refractivity contribution >= 4 is 11.9 Å². The molecule has 1 aliphatic rings. The van der Waals surface area contributed by atoms with Crippen LogP contribution < -0.4 is 0 Å². The highest BCUT2D eigenvalue weighted by atomic mass is 19.4. The molecule has 1 aromatic heterocycles. The number of nitrogens with zero attached hydrogens (tertiary/aromatic N) is 4. The molecule has 0 saturated heterocycles. The Hall–Kier alpha value is -2.95. The predicted molar refractivity (Wildman–Crippen MR) is 104 cm³/mol. The number of imidazole rings is 1. The minimum atomic E-state index is -5.08. The van der Waals surface area contributed by atoms with Crippen molar-refractivity contribution in [3.8, 4) is 0 Å². The Morgan fingerprint density at radius 2 is 1.87 bits per heavy atom. The van der Waals surface area contributed by atoms with Gasteiger partial charge in [0.05, 0.1) is 12.1 Å². The summed E-state index contributed by atoms with van der Waals surface area (Å²) in [6.45, 7) is 2.92. The van der Waals surface area contributed by atoms with Crippen molar-refractivity contribution in [3.05, 3.63) is 53.4 Å². The van der Waals surface area contributed by atoms with E-state index in [1.165, 1.54) is 17.8 Å². The molecular weight excluding hydrogens is 420 g/mol. The van der Waals surface area contributed by atoms with Gasteiger partial charge >= 0.3 is 12.1 Å². The van der Waals surface area contributed by atoms with Gasteiger partial charge in [0.2, 0.25) is 5.91 Å². The van der Waals surface area contributed by atoms with E-state index < -0.39 is 12.1 Å². The fraction of sp³-hybridized carbons (Fsp3) is 0.450. The van der Waals surface area contributed by atoms with Gasteiger partial charge in [0.25, 0.3) is 0 Å². The first kappa shape index (κ1) is 24.3. The SMILES string of the molecule is CN(C)Cc1cnc2n1CCN(C(=O)Cc1cccc(F)c1)CC2.O=C(O)C(F)(F)F. The first-order valence-electron chi connectivity index (χ1n) is 9.47. The number of amides is 1. The molecule has 2 heterocycles. The van der Waals surface area contributed by atoms with E-state index in [9.17, 15) is 22.4 Å². The van der Waals surface area contributed by atoms with Crippen molar-refractivity contribution in [1.29, 1.82) is 0 Å². The van der Waals surface area contributed by atoms with Crippen LogP contribution in [0.1, 0.15) is 17.1 Å². The molecular formula is C20H24F4N4O3. The Balaban J connectivity index is 0.000000423. The van der Waals surface area contributed by atoms with Crippen molar-refractivity contribution in [2.24, 2.45) is 0 Å². The van der Waals surface area contributed by atoms with Crippen LogP contribution in [0, 0.1) is 5.82 Å². The summed E-state index contributed by atoms with van der Waals surface area (Å²) in [5.41, 5.74) is 1.89. The summed E-state index contributed by atoms with van der Waals surface area (Å²) in [6, 6.07) is 6.25. The van der Waals surface area contributed by atoms with Gasteiger partial charge in [-0.25, -0.2) is 14.2 Å². The Kier molecular flexibility index (Phi) is 8.14. The molecule has 1 aliphatic heterocycles. The molecule has 11 heteroatoms. The lowest BCUT2D eigenvalue weighted by atomic mass is 10.1. The van der Waals surface area contributed by atoms with Gasteiger partial charge in [-0.3, -0.25) is 4.79 Å². The normalized spacial score (nSPS) is 13.8. The van der Waals surface area contributed by atoms with Gasteiger partial charge in [-0.05, 0) is 31.8 Å². The van der Waals surface area contributed by atoms with Crippen LogP contribution in [0.2, 0.25) is 0 Å². The van der Waals surface area contributed by atoms with Crippen LogP contribution in [0.3, 0.4) is 0 Å². The molecule has 170 valence electrons. The van der Waals surface area contributed by atoms with E-state index in [2.05, 4.69) is 14.5 Å². The van der Waals surface area contributed by atoms with Gasteiger partial charge in [0.1, 0.15) is 11.6 Å². The molecule has 0 unspecified atom stereocenters. The summed E-state index contributed by atoms with van der Waals surface area (Å²) in [7, 11) is 4.07. The fourth-order valence-corrected chi connectivity index (χ4v) is 3.13. The monoisotopic (exact) mass is 444 g/mol. The highest BCUT2D eigenvalue weighted by molar-refractivity contribution is 5.78. The topological polar surface area (TPSA) is 78.7 Å². The Morgan fingerprint density at radius 1 is 1.19 bits per heavy atom. The van der Waals surface area contributed by atoms with E-state index in [1.54, 1.807) is 12.1 Å². The van der Waals surface area contributed by atoms with Crippen LogP contribution in [0.25, 0.3) is 0 Å². The van der Waals surface area contributed by atoms with Gasteiger partial charge in [0, 0.05) is 38.8 Å². The Bertz CT molecular complexity index is 912. The summed E-state index contributed by atoms with van der Waals surface area (Å²) in [5.74, 6) is -1.98. The summed E-state index contributed by atoms with van der Waals surface area (Å²) in [5, 5.41) is 7.12. The zero-order valence-corrected chi connectivity index (χ0v) is 17.2. The molecule has 3 rings (SSSR count). The Labute approximate surface area is 176 Å². The number of aromatic nitrogens is 2. The average molecular weight is 444 g/mol. The van der Waals surface area contributed by atoms with Crippen LogP contribution in [-0.2, 0) is 35.5 Å². The first-order valence-corrected chi connectivity index (χ1v) is 9.47. The minimum absolute atomic E-state index is 0.0421. The number of alkyl halides is 3. The maximum atomic E-state index is 13.3. The lowest BCUT2D eigenvalue weighted by Gasteiger charge is -2.20. The first-order chi connectivity index (χ1) is 14.5. The van der Waals surface area contributed by atoms with Crippen molar-refractivity contribution < 1.29 is 32.3 Å². The number of carbonyl (C=O) groups excluding carboxylic acids is 1. The second-order valence-electron chi connectivity index (χ2n) is 7.30. The summed E-state index contributed by atoms with van der Waals surface area (Å²) < 4.78 is 47.2. The molecule has 7 nitrogen and oxygen atoms in total. The quantitative estimate of drug-likeness (QED) is 0.733.